The molecule has 1 aliphatic rings. The molecule has 5 heteroatoms. The van der Waals surface area contributed by atoms with Crippen LogP contribution in [0.3, 0.4) is 0 Å². The van der Waals surface area contributed by atoms with Crippen molar-refractivity contribution >= 4 is 11.5 Å². The molecular formula is C12H17F2N3. The van der Waals surface area contributed by atoms with E-state index < -0.39 is 11.8 Å². The van der Waals surface area contributed by atoms with Gasteiger partial charge in [-0.2, -0.15) is 0 Å². The molecule has 3 nitrogen and oxygen atoms in total. The van der Waals surface area contributed by atoms with Crippen LogP contribution in [-0.2, 0) is 0 Å². The molecule has 2 rings (SSSR count). The molecule has 1 aliphatic heterocycles. The summed E-state index contributed by atoms with van der Waals surface area (Å²) in [5.41, 5.74) is 6.36. The minimum absolute atomic E-state index is 0.324. The fourth-order valence-electron chi connectivity index (χ4n) is 2.26. The predicted octanol–water partition coefficient (Wildman–Crippen LogP) is 2.54. The zero-order valence-electron chi connectivity index (χ0n) is 9.87. The van der Waals surface area contributed by atoms with E-state index >= 15 is 0 Å². The summed E-state index contributed by atoms with van der Waals surface area (Å²) in [5, 5.41) is 0. The molecule has 17 heavy (non-hydrogen) atoms. The average Bonchev–Trinajstić information content (AvgIpc) is 2.29. The molecule has 1 fully saturated rings. The number of nitrogens with two attached hydrogens (primary N) is 1. The molecule has 0 unspecified atom stereocenters. The highest BCUT2D eigenvalue weighted by Crippen LogP contribution is 2.34. The van der Waals surface area contributed by atoms with E-state index in [1.165, 1.54) is 0 Å². The Bertz CT molecular complexity index is 390. The molecule has 0 amide bonds. The molecular weight excluding hydrogens is 224 g/mol. The lowest BCUT2D eigenvalue weighted by Gasteiger charge is -2.36. The maximum absolute atomic E-state index is 13.3. The second-order valence-corrected chi connectivity index (χ2v) is 4.66. The van der Waals surface area contributed by atoms with Crippen LogP contribution in [0.15, 0.2) is 18.3 Å². The zero-order valence-corrected chi connectivity index (χ0v) is 9.87. The fourth-order valence-corrected chi connectivity index (χ4v) is 2.26. The van der Waals surface area contributed by atoms with Crippen molar-refractivity contribution in [3.05, 3.63) is 18.3 Å². The number of pyridine rings is 1. The first-order valence-electron chi connectivity index (χ1n) is 5.82. The van der Waals surface area contributed by atoms with Crippen LogP contribution in [0.2, 0.25) is 0 Å². The van der Waals surface area contributed by atoms with Crippen LogP contribution in [0.4, 0.5) is 20.3 Å². The fraction of sp³-hybridized carbons (Fsp3) is 0.583. The zero-order chi connectivity index (χ0) is 12.5. The summed E-state index contributed by atoms with van der Waals surface area (Å²) in [6.07, 6.45) is 2.95. The summed E-state index contributed by atoms with van der Waals surface area (Å²) in [6.45, 7) is 2.06. The molecule has 0 saturated carbocycles. The van der Waals surface area contributed by atoms with Crippen molar-refractivity contribution in [1.82, 2.24) is 4.98 Å². The third-order valence-corrected chi connectivity index (χ3v) is 3.25. The first-order chi connectivity index (χ1) is 7.98. The summed E-state index contributed by atoms with van der Waals surface area (Å²) in [7, 11) is 0. The SMILES string of the molecule is CC(F)(F)[C@H]1CCCN(c2ncccc2N)C1. The normalized spacial score (nSPS) is 21.6. The third-order valence-electron chi connectivity index (χ3n) is 3.25. The number of aromatic nitrogens is 1. The van der Waals surface area contributed by atoms with Gasteiger partial charge in [0.1, 0.15) is 0 Å². The first kappa shape index (κ1) is 12.1. The van der Waals surface area contributed by atoms with E-state index in [4.69, 9.17) is 5.73 Å². The van der Waals surface area contributed by atoms with Gasteiger partial charge in [-0.1, -0.05) is 0 Å². The molecule has 1 aromatic rings. The largest absolute Gasteiger partial charge is 0.396 e. The van der Waals surface area contributed by atoms with Crippen LogP contribution >= 0.6 is 0 Å². The van der Waals surface area contributed by atoms with Gasteiger partial charge in [0.05, 0.1) is 5.69 Å². The lowest BCUT2D eigenvalue weighted by molar-refractivity contribution is -0.0439. The van der Waals surface area contributed by atoms with Crippen molar-refractivity contribution in [3.8, 4) is 0 Å². The number of rotatable bonds is 2. The molecule has 0 aliphatic carbocycles. The van der Waals surface area contributed by atoms with Crippen molar-refractivity contribution in [2.24, 2.45) is 5.92 Å². The minimum Gasteiger partial charge on any atom is -0.396 e. The van der Waals surface area contributed by atoms with Gasteiger partial charge in [-0.3, -0.25) is 0 Å². The number of hydrogen-bond donors (Lipinski definition) is 1. The van der Waals surface area contributed by atoms with Gasteiger partial charge in [0, 0.05) is 25.2 Å². The second kappa shape index (κ2) is 4.47. The van der Waals surface area contributed by atoms with Crippen LogP contribution in [0.25, 0.3) is 0 Å². The topological polar surface area (TPSA) is 42.2 Å². The smallest absolute Gasteiger partial charge is 0.249 e. The monoisotopic (exact) mass is 241 g/mol. The highest BCUT2D eigenvalue weighted by molar-refractivity contribution is 5.62. The van der Waals surface area contributed by atoms with E-state index in [2.05, 4.69) is 4.98 Å². The Hall–Kier alpha value is -1.39. The molecule has 2 N–H and O–H groups in total. The Morgan fingerprint density at radius 2 is 2.29 bits per heavy atom. The molecule has 1 aromatic heterocycles. The van der Waals surface area contributed by atoms with Gasteiger partial charge >= 0.3 is 0 Å². The molecule has 0 spiro atoms. The number of hydrogen-bond acceptors (Lipinski definition) is 3. The summed E-state index contributed by atoms with van der Waals surface area (Å²) in [6, 6.07) is 3.49. The number of halogens is 2. The van der Waals surface area contributed by atoms with Gasteiger partial charge in [0.2, 0.25) is 5.92 Å². The molecule has 1 saturated heterocycles. The van der Waals surface area contributed by atoms with Gasteiger partial charge in [-0.25, -0.2) is 13.8 Å². The Balaban J connectivity index is 2.15. The Morgan fingerprint density at radius 1 is 1.53 bits per heavy atom. The summed E-state index contributed by atoms with van der Waals surface area (Å²) >= 11 is 0. The number of piperidine rings is 1. The van der Waals surface area contributed by atoms with Crippen LogP contribution in [0, 0.1) is 5.92 Å². The summed E-state index contributed by atoms with van der Waals surface area (Å²) in [4.78, 5) is 6.04. The number of anilines is 2. The Kier molecular flexibility index (Phi) is 3.17. The highest BCUT2D eigenvalue weighted by atomic mass is 19.3. The van der Waals surface area contributed by atoms with E-state index in [0.717, 1.165) is 19.9 Å². The van der Waals surface area contributed by atoms with Crippen LogP contribution in [0.1, 0.15) is 19.8 Å². The lowest BCUT2D eigenvalue weighted by atomic mass is 9.92. The second-order valence-electron chi connectivity index (χ2n) is 4.66. The van der Waals surface area contributed by atoms with Crippen molar-refractivity contribution in [2.45, 2.75) is 25.7 Å². The molecule has 0 radical (unpaired) electrons. The van der Waals surface area contributed by atoms with Crippen molar-refractivity contribution in [3.63, 3.8) is 0 Å². The molecule has 94 valence electrons. The number of nitrogens with zero attached hydrogens (tertiary/aromatic N) is 2. The van der Waals surface area contributed by atoms with Crippen molar-refractivity contribution < 1.29 is 8.78 Å². The van der Waals surface area contributed by atoms with Crippen LogP contribution in [-0.4, -0.2) is 24.0 Å². The molecule has 0 aromatic carbocycles. The van der Waals surface area contributed by atoms with Gasteiger partial charge in [-0.05, 0) is 31.9 Å². The lowest BCUT2D eigenvalue weighted by Crippen LogP contribution is -2.42. The maximum Gasteiger partial charge on any atom is 0.249 e. The van der Waals surface area contributed by atoms with Gasteiger partial charge in [0.15, 0.2) is 5.82 Å². The van der Waals surface area contributed by atoms with E-state index in [1.54, 1.807) is 18.3 Å². The third kappa shape index (κ3) is 2.65. The highest BCUT2D eigenvalue weighted by Gasteiger charge is 2.37. The van der Waals surface area contributed by atoms with Crippen LogP contribution < -0.4 is 10.6 Å². The first-order valence-corrected chi connectivity index (χ1v) is 5.82. The molecule has 2 heterocycles. The Morgan fingerprint density at radius 3 is 2.94 bits per heavy atom. The quantitative estimate of drug-likeness (QED) is 0.865. The Labute approximate surface area is 99.6 Å². The molecule has 0 bridgehead atoms. The van der Waals surface area contributed by atoms with Gasteiger partial charge in [-0.15, -0.1) is 0 Å². The number of alkyl halides is 2. The van der Waals surface area contributed by atoms with E-state index in [-0.39, 0.29) is 0 Å². The van der Waals surface area contributed by atoms with Gasteiger partial charge < -0.3 is 10.6 Å². The average molecular weight is 241 g/mol. The maximum atomic E-state index is 13.3. The van der Waals surface area contributed by atoms with Crippen LogP contribution in [0.5, 0.6) is 0 Å². The summed E-state index contributed by atoms with van der Waals surface area (Å²) < 4.78 is 26.6. The van der Waals surface area contributed by atoms with Crippen molar-refractivity contribution in [1.29, 1.82) is 0 Å². The van der Waals surface area contributed by atoms with Gasteiger partial charge in [0.25, 0.3) is 0 Å². The predicted molar refractivity (Wildman–Crippen MR) is 64.2 cm³/mol. The molecule has 1 atom stereocenters. The van der Waals surface area contributed by atoms with E-state index in [0.29, 0.717) is 24.5 Å². The summed E-state index contributed by atoms with van der Waals surface area (Å²) in [5.74, 6) is -2.62. The van der Waals surface area contributed by atoms with E-state index in [9.17, 15) is 8.78 Å². The standard InChI is InChI=1S/C12H17F2N3/c1-12(13,14)9-4-3-7-17(8-9)11-10(15)5-2-6-16-11/h2,5-6,9H,3-4,7-8,15H2,1H3/t9-/m0/s1. The number of nitrogen functional groups attached to an aromatic ring is 1. The van der Waals surface area contributed by atoms with Crippen molar-refractivity contribution in [2.75, 3.05) is 23.7 Å². The minimum atomic E-state index is -2.64. The van der Waals surface area contributed by atoms with E-state index in [1.807, 2.05) is 4.90 Å².